The Bertz CT molecular complexity index is 26.6. The molecule has 0 spiro atoms. The van der Waals surface area contributed by atoms with Crippen LogP contribution in [-0.4, -0.2) is 0 Å². The second-order valence-corrected chi connectivity index (χ2v) is 1.08. The zero-order valence-corrected chi connectivity index (χ0v) is 4.92. The predicted molar refractivity (Wildman–Crippen MR) is 19.2 cm³/mol. The molecule has 0 aromatic heterocycles. The Morgan fingerprint density at radius 1 is 1.40 bits per heavy atom. The summed E-state index contributed by atoms with van der Waals surface area (Å²) in [5.74, 6) is 0. The Labute approximate surface area is 45.2 Å². The standard InChI is InChI=1S/C4H7.V/c1-4(2)3;/h1H,2-3H3;/q-1;+2. The molecule has 0 aliphatic heterocycles. The molecule has 0 saturated carbocycles. The van der Waals surface area contributed by atoms with Crippen molar-refractivity contribution in [2.75, 3.05) is 0 Å². The zero-order valence-electron chi connectivity index (χ0n) is 3.52. The van der Waals surface area contributed by atoms with Gasteiger partial charge in [0.25, 0.3) is 0 Å². The van der Waals surface area contributed by atoms with E-state index in [1.807, 2.05) is 13.8 Å². The van der Waals surface area contributed by atoms with Crippen LogP contribution in [0.25, 0.3) is 0 Å². The van der Waals surface area contributed by atoms with Crippen LogP contribution < -0.4 is 0 Å². The second kappa shape index (κ2) is 4.32. The maximum absolute atomic E-state index is 5.03. The molecule has 0 N–H and O–H groups in total. The molecule has 0 saturated heterocycles. The van der Waals surface area contributed by atoms with Gasteiger partial charge in [-0.15, -0.1) is 0 Å². The molecule has 0 heterocycles. The zero-order chi connectivity index (χ0) is 3.58. The number of hydrogen-bond donors (Lipinski definition) is 0. The Morgan fingerprint density at radius 2 is 1.40 bits per heavy atom. The quantitative estimate of drug-likeness (QED) is 0.409. The SMILES string of the molecule is [CH-]=C(C)C.[V+2]. The van der Waals surface area contributed by atoms with Gasteiger partial charge in [0.1, 0.15) is 0 Å². The molecule has 0 aliphatic carbocycles. The summed E-state index contributed by atoms with van der Waals surface area (Å²) in [4.78, 5) is 0. The summed E-state index contributed by atoms with van der Waals surface area (Å²) in [6.45, 7) is 8.75. The van der Waals surface area contributed by atoms with Gasteiger partial charge >= 0.3 is 18.6 Å². The van der Waals surface area contributed by atoms with Gasteiger partial charge in [0.05, 0.1) is 0 Å². The van der Waals surface area contributed by atoms with E-state index in [1.165, 1.54) is 0 Å². The van der Waals surface area contributed by atoms with Crippen LogP contribution in [0.5, 0.6) is 0 Å². The van der Waals surface area contributed by atoms with Gasteiger partial charge in [0.2, 0.25) is 0 Å². The van der Waals surface area contributed by atoms with Gasteiger partial charge in [-0.25, -0.2) is 0 Å². The van der Waals surface area contributed by atoms with E-state index in [2.05, 4.69) is 0 Å². The van der Waals surface area contributed by atoms with Gasteiger partial charge in [-0.1, -0.05) is 13.8 Å². The molecule has 5 heavy (non-hydrogen) atoms. The molecule has 1 heteroatoms. The first-order valence-electron chi connectivity index (χ1n) is 1.29. The van der Waals surface area contributed by atoms with Crippen LogP contribution in [-0.2, 0) is 18.6 Å². The molecule has 0 amide bonds. The largest absolute Gasteiger partial charge is 2.00 e. The van der Waals surface area contributed by atoms with Crippen LogP contribution in [0.2, 0.25) is 0 Å². The minimum atomic E-state index is 0. The third-order valence-corrected chi connectivity index (χ3v) is 0. The van der Waals surface area contributed by atoms with Gasteiger partial charge in [0.15, 0.2) is 0 Å². The summed E-state index contributed by atoms with van der Waals surface area (Å²) in [6.07, 6.45) is 0. The van der Waals surface area contributed by atoms with Crippen molar-refractivity contribution in [3.05, 3.63) is 12.2 Å². The molecule has 1 radical (unpaired) electrons. The van der Waals surface area contributed by atoms with Gasteiger partial charge in [-0.3, -0.25) is 5.57 Å². The van der Waals surface area contributed by atoms with E-state index >= 15 is 0 Å². The third-order valence-electron chi connectivity index (χ3n) is 0. The van der Waals surface area contributed by atoms with Crippen molar-refractivity contribution in [1.82, 2.24) is 0 Å². The van der Waals surface area contributed by atoms with Crippen LogP contribution >= 0.6 is 0 Å². The summed E-state index contributed by atoms with van der Waals surface area (Å²) < 4.78 is 0. The molecule has 0 bridgehead atoms. The van der Waals surface area contributed by atoms with E-state index in [1.54, 1.807) is 0 Å². The van der Waals surface area contributed by atoms with Crippen LogP contribution in [0.1, 0.15) is 13.8 Å². The molecule has 0 aliphatic rings. The van der Waals surface area contributed by atoms with Crippen molar-refractivity contribution in [2.45, 2.75) is 13.8 Å². The Hall–Kier alpha value is 0.324. The monoisotopic (exact) mass is 106 g/mol. The average molecular weight is 106 g/mol. The van der Waals surface area contributed by atoms with Gasteiger partial charge in [-0.05, 0) is 0 Å². The molecular weight excluding hydrogens is 99.0 g/mol. The van der Waals surface area contributed by atoms with Crippen molar-refractivity contribution >= 4 is 0 Å². The summed E-state index contributed by atoms with van der Waals surface area (Å²) >= 11 is 0. The van der Waals surface area contributed by atoms with E-state index in [-0.39, 0.29) is 18.6 Å². The smallest absolute Gasteiger partial charge is 0.515 e. The topological polar surface area (TPSA) is 0 Å². The Balaban J connectivity index is 0. The normalized spacial score (nSPS) is 5.20. The summed E-state index contributed by atoms with van der Waals surface area (Å²) in [5, 5.41) is 0. The van der Waals surface area contributed by atoms with Crippen LogP contribution in [0.3, 0.4) is 0 Å². The minimum absolute atomic E-state index is 0. The van der Waals surface area contributed by atoms with E-state index in [0.29, 0.717) is 0 Å². The van der Waals surface area contributed by atoms with Crippen molar-refractivity contribution in [2.24, 2.45) is 0 Å². The average Bonchev–Trinajstić information content (AvgIpc) is 0.811. The summed E-state index contributed by atoms with van der Waals surface area (Å²) in [6, 6.07) is 0. The molecule has 0 aromatic carbocycles. The van der Waals surface area contributed by atoms with Crippen molar-refractivity contribution in [1.29, 1.82) is 0 Å². The van der Waals surface area contributed by atoms with Crippen molar-refractivity contribution < 1.29 is 18.6 Å². The summed E-state index contributed by atoms with van der Waals surface area (Å²) in [5.41, 5.74) is 0.917. The first-order valence-corrected chi connectivity index (χ1v) is 1.29. The number of allylic oxidation sites excluding steroid dienone is 1. The van der Waals surface area contributed by atoms with Crippen LogP contribution in [0.4, 0.5) is 0 Å². The number of hydrogen-bond acceptors (Lipinski definition) is 0. The molecular formula is C4H7V+. The van der Waals surface area contributed by atoms with Crippen LogP contribution in [0.15, 0.2) is 5.57 Å². The van der Waals surface area contributed by atoms with E-state index in [9.17, 15) is 0 Å². The van der Waals surface area contributed by atoms with Gasteiger partial charge in [0, 0.05) is 0 Å². The minimum Gasteiger partial charge on any atom is -0.515 e. The third kappa shape index (κ3) is 222. The fourth-order valence-electron chi connectivity index (χ4n) is 0. The predicted octanol–water partition coefficient (Wildman–Crippen LogP) is 1.38. The summed E-state index contributed by atoms with van der Waals surface area (Å²) in [7, 11) is 0. The van der Waals surface area contributed by atoms with Gasteiger partial charge < -0.3 is 6.58 Å². The Kier molecular flexibility index (Phi) is 7.79. The maximum atomic E-state index is 5.03. The molecule has 27 valence electrons. The Morgan fingerprint density at radius 3 is 1.40 bits per heavy atom. The molecule has 0 rings (SSSR count). The molecule has 0 atom stereocenters. The van der Waals surface area contributed by atoms with Crippen molar-refractivity contribution in [3.8, 4) is 0 Å². The first kappa shape index (κ1) is 9.01. The number of rotatable bonds is 0. The first-order chi connectivity index (χ1) is 1.73. The van der Waals surface area contributed by atoms with Crippen molar-refractivity contribution in [3.63, 3.8) is 0 Å². The maximum Gasteiger partial charge on any atom is 2.00 e. The van der Waals surface area contributed by atoms with Crippen LogP contribution in [0, 0.1) is 6.58 Å². The van der Waals surface area contributed by atoms with Gasteiger partial charge in [-0.2, -0.15) is 0 Å². The molecule has 0 unspecified atom stereocenters. The van der Waals surface area contributed by atoms with E-state index < -0.39 is 0 Å². The second-order valence-electron chi connectivity index (χ2n) is 1.08. The molecule has 0 fully saturated rings. The fraction of sp³-hybridized carbons (Fsp3) is 0.500. The molecule has 0 nitrogen and oxygen atoms in total. The molecule has 0 aromatic rings. The van der Waals surface area contributed by atoms with E-state index in [0.717, 1.165) is 5.57 Å². The fourth-order valence-corrected chi connectivity index (χ4v) is 0. The van der Waals surface area contributed by atoms with E-state index in [4.69, 9.17) is 6.58 Å².